The summed E-state index contributed by atoms with van der Waals surface area (Å²) in [6.45, 7) is 0. The van der Waals surface area contributed by atoms with Crippen LogP contribution < -0.4 is 11.2 Å². The van der Waals surface area contributed by atoms with E-state index in [1.54, 1.807) is 31.2 Å². The summed E-state index contributed by atoms with van der Waals surface area (Å²) in [5, 5.41) is 6.18. The van der Waals surface area contributed by atoms with E-state index in [-0.39, 0.29) is 5.11 Å². The van der Waals surface area contributed by atoms with Gasteiger partial charge in [-0.05, 0) is 23.7 Å². The zero-order valence-electron chi connectivity index (χ0n) is 9.12. The quantitative estimate of drug-likeness (QED) is 0.409. The SMILES string of the molecule is NC(=S)NN=Cc1nccc2ccccc12.[Cl][Pt]. The second-order valence-electron chi connectivity index (χ2n) is 3.15. The molecule has 0 saturated carbocycles. The minimum atomic E-state index is 0.136. The number of fused-ring (bicyclic) bond motifs is 1. The van der Waals surface area contributed by atoms with Gasteiger partial charge in [0.1, 0.15) is 0 Å². The first-order valence-electron chi connectivity index (χ1n) is 4.81. The Morgan fingerprint density at radius 1 is 1.39 bits per heavy atom. The molecule has 0 aliphatic rings. The fraction of sp³-hybridized carbons (Fsp3) is 0. The van der Waals surface area contributed by atoms with Gasteiger partial charge in [0.15, 0.2) is 5.11 Å². The summed E-state index contributed by atoms with van der Waals surface area (Å²) in [5.41, 5.74) is 8.53. The van der Waals surface area contributed by atoms with E-state index in [2.05, 4.69) is 37.1 Å². The Balaban J connectivity index is 0.000000771. The van der Waals surface area contributed by atoms with Crippen molar-refractivity contribution in [3.63, 3.8) is 0 Å². The van der Waals surface area contributed by atoms with Crippen molar-refractivity contribution >= 4 is 43.7 Å². The molecule has 3 N–H and O–H groups in total. The predicted octanol–water partition coefficient (Wildman–Crippen LogP) is 2.09. The molecule has 0 radical (unpaired) electrons. The monoisotopic (exact) mass is 460 g/mol. The number of nitrogens with one attached hydrogen (secondary N) is 1. The van der Waals surface area contributed by atoms with E-state index in [9.17, 15) is 0 Å². The number of hydrogen-bond donors (Lipinski definition) is 2. The van der Waals surface area contributed by atoms with Gasteiger partial charge in [-0.25, -0.2) is 0 Å². The van der Waals surface area contributed by atoms with Crippen LogP contribution in [0, 0.1) is 0 Å². The number of thiocarbonyl (C=S) groups is 1. The number of halogens is 1. The van der Waals surface area contributed by atoms with Crippen LogP contribution in [0.5, 0.6) is 0 Å². The summed E-state index contributed by atoms with van der Waals surface area (Å²) in [6.07, 6.45) is 3.34. The predicted molar refractivity (Wildman–Crippen MR) is 75.1 cm³/mol. The third-order valence-electron chi connectivity index (χ3n) is 2.07. The second-order valence-corrected chi connectivity index (χ2v) is 3.59. The van der Waals surface area contributed by atoms with Gasteiger partial charge in [0.25, 0.3) is 0 Å². The van der Waals surface area contributed by atoms with Gasteiger partial charge in [-0.2, -0.15) is 5.10 Å². The third-order valence-corrected chi connectivity index (χ3v) is 2.16. The van der Waals surface area contributed by atoms with Gasteiger partial charge in [0.05, 0.1) is 11.9 Å². The van der Waals surface area contributed by atoms with Crippen molar-refractivity contribution in [2.75, 3.05) is 0 Å². The molecular formula is C11H10ClN4PtS. The molecule has 7 heteroatoms. The molecule has 0 amide bonds. The first-order valence-corrected chi connectivity index (χ1v) is 8.04. The van der Waals surface area contributed by atoms with Crippen LogP contribution in [0.25, 0.3) is 10.8 Å². The molecule has 0 fully saturated rings. The van der Waals surface area contributed by atoms with Gasteiger partial charge in [0.2, 0.25) is 0 Å². The maximum atomic E-state index is 5.26. The molecule has 0 aliphatic carbocycles. The number of pyridine rings is 1. The summed E-state index contributed by atoms with van der Waals surface area (Å²) in [4.78, 5) is 4.23. The first kappa shape index (κ1) is 15.0. The zero-order chi connectivity index (χ0) is 13.4. The number of benzene rings is 1. The Bertz CT molecular complexity index is 556. The number of nitrogens with two attached hydrogens (primary N) is 1. The Labute approximate surface area is 125 Å². The van der Waals surface area contributed by atoms with Crippen molar-refractivity contribution < 1.29 is 18.8 Å². The van der Waals surface area contributed by atoms with Crippen molar-refractivity contribution in [1.29, 1.82) is 0 Å². The maximum absolute atomic E-state index is 5.26. The third kappa shape index (κ3) is 4.33. The van der Waals surface area contributed by atoms with E-state index in [0.29, 0.717) is 0 Å². The zero-order valence-corrected chi connectivity index (χ0v) is 13.0. The topological polar surface area (TPSA) is 63.3 Å². The molecule has 0 saturated heterocycles. The number of nitrogens with zero attached hydrogens (tertiary/aromatic N) is 2. The number of rotatable bonds is 2. The molecular weight excluding hydrogens is 451 g/mol. The minimum absolute atomic E-state index is 0.136. The number of hydrazone groups is 1. The second kappa shape index (κ2) is 8.14. The summed E-state index contributed by atoms with van der Waals surface area (Å²) in [7, 11) is 4.61. The Hall–Kier alpha value is -1.03. The van der Waals surface area contributed by atoms with Crippen LogP contribution in [0.4, 0.5) is 0 Å². The van der Waals surface area contributed by atoms with Crippen LogP contribution >= 0.6 is 21.6 Å². The van der Waals surface area contributed by atoms with E-state index >= 15 is 0 Å². The molecule has 1 aromatic carbocycles. The van der Waals surface area contributed by atoms with Crippen LogP contribution in [0.1, 0.15) is 5.69 Å². The molecule has 2 aromatic rings. The Morgan fingerprint density at radius 2 is 2.11 bits per heavy atom. The van der Waals surface area contributed by atoms with Gasteiger partial charge in [-0.15, -0.1) is 0 Å². The molecule has 0 unspecified atom stereocenters. The molecule has 0 spiro atoms. The van der Waals surface area contributed by atoms with E-state index in [1.807, 2.05) is 30.3 Å². The van der Waals surface area contributed by atoms with E-state index < -0.39 is 0 Å². The molecule has 1 aromatic heterocycles. The van der Waals surface area contributed by atoms with Gasteiger partial charge < -0.3 is 5.73 Å². The molecule has 2 rings (SSSR count). The van der Waals surface area contributed by atoms with Crippen LogP contribution in [0.2, 0.25) is 0 Å². The first-order chi connectivity index (χ1) is 8.77. The van der Waals surface area contributed by atoms with E-state index in [0.717, 1.165) is 16.5 Å². The van der Waals surface area contributed by atoms with Gasteiger partial charge in [-0.1, -0.05) is 24.3 Å². The van der Waals surface area contributed by atoms with Crippen LogP contribution in [0.15, 0.2) is 41.6 Å². The number of aromatic nitrogens is 1. The average molecular weight is 461 g/mol. The summed E-state index contributed by atoms with van der Waals surface area (Å²) in [5.74, 6) is 0. The standard InChI is InChI=1S/C11H10N4S.ClH.Pt/c12-11(16)15-14-7-10-9-4-2-1-3-8(9)5-6-13-10;;/h1-7H,(H3,12,15,16);1H;/q;;+1/p-1. The van der Waals surface area contributed by atoms with Gasteiger partial charge in [-0.3, -0.25) is 10.4 Å². The van der Waals surface area contributed by atoms with Crippen molar-refractivity contribution in [2.45, 2.75) is 0 Å². The van der Waals surface area contributed by atoms with E-state index in [4.69, 9.17) is 5.73 Å². The van der Waals surface area contributed by atoms with Crippen molar-refractivity contribution in [3.8, 4) is 0 Å². The molecule has 97 valence electrons. The summed E-state index contributed by atoms with van der Waals surface area (Å²) in [6, 6.07) is 9.91. The molecule has 1 heterocycles. The van der Waals surface area contributed by atoms with E-state index in [1.165, 1.54) is 0 Å². The summed E-state index contributed by atoms with van der Waals surface area (Å²) >= 11 is 6.25. The Morgan fingerprint density at radius 3 is 2.83 bits per heavy atom. The van der Waals surface area contributed by atoms with Crippen molar-refractivity contribution in [1.82, 2.24) is 10.4 Å². The van der Waals surface area contributed by atoms with Gasteiger partial charge in [0, 0.05) is 11.6 Å². The fourth-order valence-corrected chi connectivity index (χ4v) is 1.46. The summed E-state index contributed by atoms with van der Waals surface area (Å²) < 4.78 is 0. The van der Waals surface area contributed by atoms with Crippen LogP contribution in [0.3, 0.4) is 0 Å². The fourth-order valence-electron chi connectivity index (χ4n) is 1.40. The Kier molecular flexibility index (Phi) is 6.79. The van der Waals surface area contributed by atoms with Crippen molar-refractivity contribution in [2.24, 2.45) is 10.8 Å². The number of hydrogen-bond acceptors (Lipinski definition) is 3. The molecule has 4 nitrogen and oxygen atoms in total. The van der Waals surface area contributed by atoms with Crippen LogP contribution in [-0.4, -0.2) is 16.3 Å². The molecule has 0 bridgehead atoms. The van der Waals surface area contributed by atoms with Crippen LogP contribution in [-0.2, 0) is 18.8 Å². The van der Waals surface area contributed by atoms with Crippen molar-refractivity contribution in [3.05, 3.63) is 42.2 Å². The average Bonchev–Trinajstić information content (AvgIpc) is 2.41. The molecule has 0 aliphatic heterocycles. The van der Waals surface area contributed by atoms with Gasteiger partial charge >= 0.3 is 28.2 Å². The molecule has 0 atom stereocenters. The normalized spacial score (nSPS) is 9.94. The molecule has 18 heavy (non-hydrogen) atoms.